The maximum atomic E-state index is 14.4. The van der Waals surface area contributed by atoms with E-state index in [9.17, 15) is 22.0 Å². The molecule has 1 unspecified atom stereocenters. The summed E-state index contributed by atoms with van der Waals surface area (Å²) in [5.41, 5.74) is 0.563. The van der Waals surface area contributed by atoms with Crippen LogP contribution in [0.5, 0.6) is 0 Å². The molecule has 0 radical (unpaired) electrons. The van der Waals surface area contributed by atoms with E-state index < -0.39 is 27.6 Å². The normalized spacial score (nSPS) is 16.8. The minimum atomic E-state index is -3.76. The van der Waals surface area contributed by atoms with Gasteiger partial charge in [-0.1, -0.05) is 35.6 Å². The second-order valence-corrected chi connectivity index (χ2v) is 11.4. The molecular weight excluding hydrogens is 506 g/mol. The Morgan fingerprint density at radius 3 is 2.64 bits per heavy atom. The molecule has 186 valence electrons. The van der Waals surface area contributed by atoms with E-state index in [0.717, 1.165) is 17.4 Å². The predicted octanol–water partition coefficient (Wildman–Crippen LogP) is 4.60. The van der Waals surface area contributed by atoms with Crippen molar-refractivity contribution >= 4 is 42.6 Å². The Morgan fingerprint density at radius 2 is 1.89 bits per heavy atom. The van der Waals surface area contributed by atoms with Crippen LogP contribution in [0.2, 0.25) is 0 Å². The lowest BCUT2D eigenvalue weighted by Crippen LogP contribution is -2.46. The van der Waals surface area contributed by atoms with Crippen LogP contribution in [0.25, 0.3) is 10.2 Å². The highest BCUT2D eigenvalue weighted by Gasteiger charge is 2.36. The second kappa shape index (κ2) is 10.00. The van der Waals surface area contributed by atoms with Crippen molar-refractivity contribution in [3.8, 4) is 0 Å². The van der Waals surface area contributed by atoms with Crippen LogP contribution < -0.4 is 4.90 Å². The fourth-order valence-electron chi connectivity index (χ4n) is 4.28. The molecular formula is C25H22F2N4O3S2. The number of nitrogens with zero attached hydrogens (tertiary/aromatic N) is 4. The van der Waals surface area contributed by atoms with Gasteiger partial charge in [-0.3, -0.25) is 14.7 Å². The molecule has 0 N–H and O–H groups in total. The number of sulfonamides is 1. The molecule has 1 aliphatic heterocycles. The molecule has 1 amide bonds. The number of carbonyl (C=O) groups is 1. The lowest BCUT2D eigenvalue weighted by molar-refractivity contribution is -0.123. The van der Waals surface area contributed by atoms with Crippen LogP contribution >= 0.6 is 11.3 Å². The summed E-state index contributed by atoms with van der Waals surface area (Å²) in [6.07, 6.45) is 2.60. The van der Waals surface area contributed by atoms with Crippen molar-refractivity contribution in [1.29, 1.82) is 0 Å². The molecule has 2 aromatic carbocycles. The third-order valence-corrected chi connectivity index (χ3v) is 8.96. The zero-order chi connectivity index (χ0) is 25.3. The highest BCUT2D eigenvalue weighted by Crippen LogP contribution is 2.34. The maximum absolute atomic E-state index is 14.4. The molecule has 0 saturated carbocycles. The van der Waals surface area contributed by atoms with Gasteiger partial charge in [0.15, 0.2) is 10.9 Å². The average Bonchev–Trinajstić information content (AvgIpc) is 3.32. The van der Waals surface area contributed by atoms with Gasteiger partial charge in [-0.2, -0.15) is 4.31 Å². The standard InChI is InChI=1S/C25H22F2N4O3S2/c26-18-13-21(27)23-22(14-18)35-25(29-23)31(16-19-8-4-5-11-28-19)24(32)17-7-6-12-30(15-17)36(33,34)20-9-2-1-3-10-20/h1-5,8-11,13-14,17H,6-7,12,15-16H2. The monoisotopic (exact) mass is 528 g/mol. The van der Waals surface area contributed by atoms with Crippen LogP contribution in [0.4, 0.5) is 13.9 Å². The lowest BCUT2D eigenvalue weighted by atomic mass is 9.98. The highest BCUT2D eigenvalue weighted by molar-refractivity contribution is 7.89. The number of carbonyl (C=O) groups excluding carboxylic acids is 1. The molecule has 1 fully saturated rings. The van der Waals surface area contributed by atoms with Crippen LogP contribution in [0.1, 0.15) is 18.5 Å². The van der Waals surface area contributed by atoms with E-state index in [0.29, 0.717) is 25.1 Å². The van der Waals surface area contributed by atoms with Gasteiger partial charge in [0.1, 0.15) is 11.3 Å². The van der Waals surface area contributed by atoms with Gasteiger partial charge in [-0.15, -0.1) is 0 Å². The molecule has 2 aromatic heterocycles. The number of aromatic nitrogens is 2. The molecule has 1 saturated heterocycles. The quantitative estimate of drug-likeness (QED) is 0.365. The van der Waals surface area contributed by atoms with E-state index in [-0.39, 0.29) is 39.2 Å². The van der Waals surface area contributed by atoms with Gasteiger partial charge in [-0.05, 0) is 43.2 Å². The molecule has 3 heterocycles. The average molecular weight is 529 g/mol. The first kappa shape index (κ1) is 24.4. The maximum Gasteiger partial charge on any atom is 0.243 e. The molecule has 7 nitrogen and oxygen atoms in total. The Bertz CT molecular complexity index is 1500. The van der Waals surface area contributed by atoms with Crippen LogP contribution in [-0.2, 0) is 21.4 Å². The smallest absolute Gasteiger partial charge is 0.243 e. The van der Waals surface area contributed by atoms with E-state index in [1.54, 1.807) is 42.6 Å². The summed E-state index contributed by atoms with van der Waals surface area (Å²) in [7, 11) is -3.76. The van der Waals surface area contributed by atoms with Crippen molar-refractivity contribution in [2.45, 2.75) is 24.3 Å². The summed E-state index contributed by atoms with van der Waals surface area (Å²) in [4.78, 5) is 24.0. The number of amides is 1. The fourth-order valence-corrected chi connectivity index (χ4v) is 6.83. The summed E-state index contributed by atoms with van der Waals surface area (Å²) in [6.45, 7) is 0.390. The van der Waals surface area contributed by atoms with Crippen molar-refractivity contribution in [3.05, 3.63) is 84.2 Å². The summed E-state index contributed by atoms with van der Waals surface area (Å²) >= 11 is 1.00. The van der Waals surface area contributed by atoms with Gasteiger partial charge in [0, 0.05) is 25.4 Å². The Balaban J connectivity index is 1.47. The van der Waals surface area contributed by atoms with E-state index in [1.165, 1.54) is 27.4 Å². The zero-order valence-corrected chi connectivity index (χ0v) is 20.7. The van der Waals surface area contributed by atoms with Gasteiger partial charge in [0.05, 0.1) is 27.8 Å². The minimum absolute atomic E-state index is 0.0165. The fraction of sp³-hybridized carbons (Fsp3) is 0.240. The number of piperidine rings is 1. The van der Waals surface area contributed by atoms with E-state index in [4.69, 9.17) is 0 Å². The number of rotatable bonds is 6. The Kier molecular flexibility index (Phi) is 6.78. The third kappa shape index (κ3) is 4.86. The third-order valence-electron chi connectivity index (χ3n) is 6.06. The first-order valence-electron chi connectivity index (χ1n) is 11.3. The lowest BCUT2D eigenvalue weighted by Gasteiger charge is -2.33. The zero-order valence-electron chi connectivity index (χ0n) is 19.0. The van der Waals surface area contributed by atoms with Gasteiger partial charge >= 0.3 is 0 Å². The van der Waals surface area contributed by atoms with Crippen LogP contribution in [0.3, 0.4) is 0 Å². The largest absolute Gasteiger partial charge is 0.282 e. The van der Waals surface area contributed by atoms with Gasteiger partial charge in [-0.25, -0.2) is 22.2 Å². The number of thiazole rings is 1. The second-order valence-electron chi connectivity index (χ2n) is 8.49. The summed E-state index contributed by atoms with van der Waals surface area (Å²) < 4.78 is 56.1. The Hall–Kier alpha value is -3.28. The van der Waals surface area contributed by atoms with Crippen LogP contribution in [0.15, 0.2) is 71.8 Å². The van der Waals surface area contributed by atoms with Gasteiger partial charge in [0.2, 0.25) is 15.9 Å². The number of benzene rings is 2. The Labute approximate surface area is 211 Å². The topological polar surface area (TPSA) is 83.5 Å². The summed E-state index contributed by atoms with van der Waals surface area (Å²) in [6, 6.07) is 15.3. The number of hydrogen-bond donors (Lipinski definition) is 0. The number of halogens is 2. The van der Waals surface area contributed by atoms with Crippen molar-refractivity contribution in [2.75, 3.05) is 18.0 Å². The SMILES string of the molecule is O=C(C1CCCN(S(=O)(=O)c2ccccc2)C1)N(Cc1ccccn1)c1nc2c(F)cc(F)cc2s1. The number of fused-ring (bicyclic) bond motifs is 1. The molecule has 1 aliphatic rings. The summed E-state index contributed by atoms with van der Waals surface area (Å²) in [5, 5.41) is 0.202. The van der Waals surface area contributed by atoms with E-state index >= 15 is 0 Å². The van der Waals surface area contributed by atoms with E-state index in [2.05, 4.69) is 9.97 Å². The molecule has 4 aromatic rings. The molecule has 5 rings (SSSR count). The summed E-state index contributed by atoms with van der Waals surface area (Å²) in [5.74, 6) is -2.51. The van der Waals surface area contributed by atoms with Crippen molar-refractivity contribution in [3.63, 3.8) is 0 Å². The molecule has 0 aliphatic carbocycles. The number of hydrogen-bond acceptors (Lipinski definition) is 6. The molecule has 0 spiro atoms. The highest BCUT2D eigenvalue weighted by atomic mass is 32.2. The van der Waals surface area contributed by atoms with Crippen molar-refractivity contribution in [2.24, 2.45) is 5.92 Å². The van der Waals surface area contributed by atoms with Crippen LogP contribution in [-0.4, -0.2) is 41.7 Å². The van der Waals surface area contributed by atoms with Gasteiger partial charge in [0.25, 0.3) is 0 Å². The predicted molar refractivity (Wildman–Crippen MR) is 133 cm³/mol. The first-order valence-corrected chi connectivity index (χ1v) is 13.6. The molecule has 36 heavy (non-hydrogen) atoms. The molecule has 1 atom stereocenters. The molecule has 0 bridgehead atoms. The van der Waals surface area contributed by atoms with E-state index in [1.807, 2.05) is 0 Å². The Morgan fingerprint density at radius 1 is 1.11 bits per heavy atom. The van der Waals surface area contributed by atoms with Gasteiger partial charge < -0.3 is 0 Å². The minimum Gasteiger partial charge on any atom is -0.282 e. The van der Waals surface area contributed by atoms with Crippen molar-refractivity contribution in [1.82, 2.24) is 14.3 Å². The molecule has 11 heteroatoms. The number of anilines is 1. The number of pyridine rings is 1. The van der Waals surface area contributed by atoms with Crippen LogP contribution in [0, 0.1) is 17.6 Å². The van der Waals surface area contributed by atoms with Crippen molar-refractivity contribution < 1.29 is 22.0 Å². The first-order chi connectivity index (χ1) is 17.3.